The molecule has 28 heavy (non-hydrogen) atoms. The Bertz CT molecular complexity index is 723. The van der Waals surface area contributed by atoms with Crippen LogP contribution in [0.15, 0.2) is 12.1 Å². The Labute approximate surface area is 163 Å². The van der Waals surface area contributed by atoms with E-state index in [1.54, 1.807) is 11.8 Å². The van der Waals surface area contributed by atoms with Crippen LogP contribution in [0.25, 0.3) is 0 Å². The molecule has 0 radical (unpaired) electrons. The smallest absolute Gasteiger partial charge is 0.225 e. The molecule has 2 fully saturated rings. The van der Waals surface area contributed by atoms with Crippen molar-refractivity contribution < 1.29 is 23.1 Å². The van der Waals surface area contributed by atoms with Crippen LogP contribution < -0.4 is 5.32 Å². The van der Waals surface area contributed by atoms with Crippen LogP contribution in [-0.2, 0) is 20.9 Å². The number of morpholine rings is 1. The fourth-order valence-corrected chi connectivity index (χ4v) is 3.63. The zero-order valence-electron chi connectivity index (χ0n) is 16.2. The first kappa shape index (κ1) is 20.7. The number of hydrogen-bond donors (Lipinski definition) is 1. The summed E-state index contributed by atoms with van der Waals surface area (Å²) >= 11 is 0. The molecule has 0 unspecified atom stereocenters. The fraction of sp³-hybridized carbons (Fsp3) is 0.600. The average molecular weight is 395 g/mol. The van der Waals surface area contributed by atoms with Gasteiger partial charge < -0.3 is 15.0 Å². The van der Waals surface area contributed by atoms with Crippen LogP contribution in [0.3, 0.4) is 0 Å². The van der Waals surface area contributed by atoms with Gasteiger partial charge in [0.25, 0.3) is 0 Å². The third-order valence-corrected chi connectivity index (χ3v) is 5.48. The molecule has 0 saturated carbocycles. The molecule has 3 rings (SSSR count). The van der Waals surface area contributed by atoms with Gasteiger partial charge in [0, 0.05) is 51.3 Å². The first-order valence-electron chi connectivity index (χ1n) is 9.74. The minimum Gasteiger partial charge on any atom is -0.379 e. The molecule has 0 aliphatic carbocycles. The van der Waals surface area contributed by atoms with E-state index in [1.165, 1.54) is 12.1 Å². The number of benzene rings is 1. The molecule has 1 aromatic rings. The molecule has 1 N–H and O–H groups in total. The standard InChI is InChI=1S/C20H27F2N3O3/c1-14-2-4-17(21)16(19(14)22)12-23-20(27)15-3-5-18(26)25(13-15)7-6-24-8-10-28-11-9-24/h2,4,15H,3,5-13H2,1H3,(H,23,27)/t15-/m1/s1. The quantitative estimate of drug-likeness (QED) is 0.792. The van der Waals surface area contributed by atoms with Crippen LogP contribution in [0.4, 0.5) is 8.78 Å². The van der Waals surface area contributed by atoms with E-state index >= 15 is 0 Å². The van der Waals surface area contributed by atoms with Crippen molar-refractivity contribution >= 4 is 11.8 Å². The summed E-state index contributed by atoms with van der Waals surface area (Å²) in [6.45, 7) is 6.12. The van der Waals surface area contributed by atoms with Crippen LogP contribution in [0.2, 0.25) is 0 Å². The van der Waals surface area contributed by atoms with E-state index in [0.29, 0.717) is 44.7 Å². The predicted octanol–water partition coefficient (Wildman–Crippen LogP) is 1.46. The summed E-state index contributed by atoms with van der Waals surface area (Å²) in [6.07, 6.45) is 0.770. The van der Waals surface area contributed by atoms with Gasteiger partial charge in [-0.15, -0.1) is 0 Å². The van der Waals surface area contributed by atoms with Gasteiger partial charge in [-0.25, -0.2) is 8.78 Å². The first-order valence-corrected chi connectivity index (χ1v) is 9.74. The lowest BCUT2D eigenvalue weighted by atomic mass is 9.96. The zero-order chi connectivity index (χ0) is 20.1. The lowest BCUT2D eigenvalue weighted by molar-refractivity contribution is -0.138. The number of ether oxygens (including phenoxy) is 1. The molecule has 8 heteroatoms. The number of nitrogens with one attached hydrogen (secondary N) is 1. The molecule has 0 spiro atoms. The van der Waals surface area contributed by atoms with Crippen LogP contribution in [0, 0.1) is 24.5 Å². The highest BCUT2D eigenvalue weighted by atomic mass is 19.1. The third kappa shape index (κ3) is 5.05. The topological polar surface area (TPSA) is 61.9 Å². The minimum atomic E-state index is -0.672. The average Bonchev–Trinajstić information content (AvgIpc) is 2.71. The number of piperidine rings is 1. The largest absolute Gasteiger partial charge is 0.379 e. The highest BCUT2D eigenvalue weighted by molar-refractivity contribution is 5.83. The van der Waals surface area contributed by atoms with Gasteiger partial charge in [0.05, 0.1) is 19.1 Å². The number of carbonyl (C=O) groups excluding carboxylic acids is 2. The van der Waals surface area contributed by atoms with Crippen molar-refractivity contribution in [3.63, 3.8) is 0 Å². The molecule has 0 bridgehead atoms. The van der Waals surface area contributed by atoms with Crippen molar-refractivity contribution in [3.05, 3.63) is 34.9 Å². The summed E-state index contributed by atoms with van der Waals surface area (Å²) < 4.78 is 33.3. The van der Waals surface area contributed by atoms with Crippen LogP contribution in [0.5, 0.6) is 0 Å². The van der Waals surface area contributed by atoms with Gasteiger partial charge in [0.1, 0.15) is 11.6 Å². The minimum absolute atomic E-state index is 0.0492. The van der Waals surface area contributed by atoms with Gasteiger partial charge >= 0.3 is 0 Å². The molecule has 2 heterocycles. The second kappa shape index (κ2) is 9.43. The highest BCUT2D eigenvalue weighted by Crippen LogP contribution is 2.20. The van der Waals surface area contributed by atoms with Gasteiger partial charge in [0.15, 0.2) is 0 Å². The van der Waals surface area contributed by atoms with E-state index in [-0.39, 0.29) is 29.8 Å². The molecule has 1 atom stereocenters. The first-order chi connectivity index (χ1) is 13.5. The number of rotatable bonds is 6. The summed E-state index contributed by atoms with van der Waals surface area (Å²) in [4.78, 5) is 28.7. The lowest BCUT2D eigenvalue weighted by Gasteiger charge is -2.34. The van der Waals surface area contributed by atoms with E-state index in [4.69, 9.17) is 4.74 Å². The molecule has 0 aromatic heterocycles. The van der Waals surface area contributed by atoms with Crippen LogP contribution >= 0.6 is 0 Å². The van der Waals surface area contributed by atoms with Crippen molar-refractivity contribution in [2.45, 2.75) is 26.3 Å². The molecule has 6 nitrogen and oxygen atoms in total. The maximum atomic E-state index is 14.1. The van der Waals surface area contributed by atoms with E-state index in [9.17, 15) is 18.4 Å². The number of hydrogen-bond acceptors (Lipinski definition) is 4. The van der Waals surface area contributed by atoms with Crippen molar-refractivity contribution in [3.8, 4) is 0 Å². The molecule has 2 amide bonds. The lowest BCUT2D eigenvalue weighted by Crippen LogP contribution is -2.49. The Morgan fingerprint density at radius 2 is 2.00 bits per heavy atom. The summed E-state index contributed by atoms with van der Waals surface area (Å²) in [5.41, 5.74) is 0.201. The molecule has 2 saturated heterocycles. The van der Waals surface area contributed by atoms with E-state index < -0.39 is 11.6 Å². The normalized spacial score (nSPS) is 21.0. The van der Waals surface area contributed by atoms with Crippen molar-refractivity contribution in [1.82, 2.24) is 15.1 Å². The Kier molecular flexibility index (Phi) is 6.96. The second-order valence-corrected chi connectivity index (χ2v) is 7.40. The Morgan fingerprint density at radius 3 is 2.75 bits per heavy atom. The molecule has 2 aliphatic rings. The summed E-state index contributed by atoms with van der Waals surface area (Å²) in [7, 11) is 0. The number of likely N-dealkylation sites (tertiary alicyclic amines) is 1. The number of amides is 2. The SMILES string of the molecule is Cc1ccc(F)c(CNC(=O)[C@@H]2CCC(=O)N(CCN3CCOCC3)C2)c1F. The third-order valence-electron chi connectivity index (χ3n) is 5.48. The Morgan fingerprint density at radius 1 is 1.25 bits per heavy atom. The zero-order valence-corrected chi connectivity index (χ0v) is 16.2. The highest BCUT2D eigenvalue weighted by Gasteiger charge is 2.30. The number of aryl methyl sites for hydroxylation is 1. The molecular weight excluding hydrogens is 368 g/mol. The molecule has 1 aromatic carbocycles. The van der Waals surface area contributed by atoms with Crippen LogP contribution in [-0.4, -0.2) is 67.6 Å². The predicted molar refractivity (Wildman–Crippen MR) is 99.5 cm³/mol. The van der Waals surface area contributed by atoms with Gasteiger partial charge in [0.2, 0.25) is 11.8 Å². The van der Waals surface area contributed by atoms with Gasteiger partial charge in [-0.05, 0) is 25.0 Å². The maximum absolute atomic E-state index is 14.1. The van der Waals surface area contributed by atoms with E-state index in [0.717, 1.165) is 19.6 Å². The van der Waals surface area contributed by atoms with Crippen molar-refractivity contribution in [2.75, 3.05) is 45.9 Å². The van der Waals surface area contributed by atoms with Crippen molar-refractivity contribution in [2.24, 2.45) is 5.92 Å². The summed E-state index contributed by atoms with van der Waals surface area (Å²) in [6, 6.07) is 2.57. The summed E-state index contributed by atoms with van der Waals surface area (Å²) in [5, 5.41) is 2.63. The number of nitrogens with zero attached hydrogens (tertiary/aromatic N) is 2. The van der Waals surface area contributed by atoms with Gasteiger partial charge in [-0.3, -0.25) is 14.5 Å². The molecule has 154 valence electrons. The molecular formula is C20H27F2N3O3. The monoisotopic (exact) mass is 395 g/mol. The number of halogens is 2. The Balaban J connectivity index is 1.52. The van der Waals surface area contributed by atoms with Crippen molar-refractivity contribution in [1.29, 1.82) is 0 Å². The molecule has 2 aliphatic heterocycles. The fourth-order valence-electron chi connectivity index (χ4n) is 3.63. The second-order valence-electron chi connectivity index (χ2n) is 7.40. The summed E-state index contributed by atoms with van der Waals surface area (Å²) in [5.74, 6) is -1.89. The van der Waals surface area contributed by atoms with E-state index in [2.05, 4.69) is 10.2 Å². The van der Waals surface area contributed by atoms with Gasteiger partial charge in [-0.2, -0.15) is 0 Å². The maximum Gasteiger partial charge on any atom is 0.225 e. The van der Waals surface area contributed by atoms with Crippen LogP contribution in [0.1, 0.15) is 24.0 Å². The number of carbonyl (C=O) groups is 2. The Hall–Kier alpha value is -2.06. The van der Waals surface area contributed by atoms with Gasteiger partial charge in [-0.1, -0.05) is 6.07 Å². The van der Waals surface area contributed by atoms with E-state index in [1.807, 2.05) is 0 Å².